The summed E-state index contributed by atoms with van der Waals surface area (Å²) in [7, 11) is 1.49. The lowest BCUT2D eigenvalue weighted by atomic mass is 10.1. The molecule has 0 aliphatic carbocycles. The van der Waals surface area contributed by atoms with E-state index in [1.165, 1.54) is 13.2 Å². The number of allylic oxidation sites excluding steroid dienone is 1. The molecule has 1 aromatic carbocycles. The highest BCUT2D eigenvalue weighted by atomic mass is 16.5. The fraction of sp³-hybridized carbons (Fsp3) is 0.143. The number of aromatic nitrogens is 1. The molecule has 0 atom stereocenters. The van der Waals surface area contributed by atoms with Crippen molar-refractivity contribution in [1.82, 2.24) is 4.98 Å². The number of ketones is 1. The van der Waals surface area contributed by atoms with Crippen LogP contribution < -0.4 is 14.2 Å². The van der Waals surface area contributed by atoms with E-state index in [4.69, 9.17) is 14.2 Å². The van der Waals surface area contributed by atoms with Crippen LogP contribution >= 0.6 is 0 Å². The van der Waals surface area contributed by atoms with E-state index in [2.05, 4.69) is 18.1 Å². The number of pyridine rings is 1. The first-order chi connectivity index (χ1) is 12.7. The van der Waals surface area contributed by atoms with Crippen LogP contribution in [0.2, 0.25) is 0 Å². The summed E-state index contributed by atoms with van der Waals surface area (Å²) >= 11 is 0. The lowest BCUT2D eigenvalue weighted by Crippen LogP contribution is -2.06. The Morgan fingerprint density at radius 3 is 2.50 bits per heavy atom. The Morgan fingerprint density at radius 2 is 1.85 bits per heavy atom. The Morgan fingerprint density at radius 1 is 1.12 bits per heavy atom. The van der Waals surface area contributed by atoms with Gasteiger partial charge in [-0.2, -0.15) is 0 Å². The highest BCUT2D eigenvalue weighted by molar-refractivity contribution is 6.10. The number of nitrogens with zero attached hydrogens (tertiary/aromatic N) is 1. The maximum Gasteiger partial charge on any atom is 0.193 e. The highest BCUT2D eigenvalue weighted by Crippen LogP contribution is 2.35. The maximum absolute atomic E-state index is 12.7. The van der Waals surface area contributed by atoms with Gasteiger partial charge in [0.1, 0.15) is 36.0 Å². The summed E-state index contributed by atoms with van der Waals surface area (Å²) in [5, 5.41) is 0. The summed E-state index contributed by atoms with van der Waals surface area (Å²) in [6, 6.07) is 8.76. The van der Waals surface area contributed by atoms with Gasteiger partial charge in [0.2, 0.25) is 0 Å². The first-order valence-electron chi connectivity index (χ1n) is 8.02. The van der Waals surface area contributed by atoms with E-state index in [9.17, 15) is 4.79 Å². The third-order valence-electron chi connectivity index (χ3n) is 3.32. The van der Waals surface area contributed by atoms with Crippen LogP contribution in [0.15, 0.2) is 67.9 Å². The minimum Gasteiger partial charge on any atom is -0.496 e. The molecule has 1 heterocycles. The largest absolute Gasteiger partial charge is 0.496 e. The van der Waals surface area contributed by atoms with E-state index in [0.29, 0.717) is 35.1 Å². The van der Waals surface area contributed by atoms with Gasteiger partial charge in [0.25, 0.3) is 0 Å². The molecule has 5 nitrogen and oxygen atoms in total. The molecule has 0 unspecified atom stereocenters. The first-order valence-corrected chi connectivity index (χ1v) is 8.02. The van der Waals surface area contributed by atoms with Crippen molar-refractivity contribution in [2.24, 2.45) is 0 Å². The second-order valence-electron chi connectivity index (χ2n) is 5.15. The number of hydrogen-bond donors (Lipinski definition) is 0. The molecule has 2 aromatic rings. The average molecular weight is 351 g/mol. The van der Waals surface area contributed by atoms with Gasteiger partial charge in [-0.15, -0.1) is 0 Å². The van der Waals surface area contributed by atoms with Crippen molar-refractivity contribution >= 4 is 11.9 Å². The molecule has 1 aromatic heterocycles. The van der Waals surface area contributed by atoms with Crippen LogP contribution in [0.25, 0.3) is 6.08 Å². The maximum atomic E-state index is 12.7. The van der Waals surface area contributed by atoms with Gasteiger partial charge in [0.05, 0.1) is 12.8 Å². The van der Waals surface area contributed by atoms with Crippen molar-refractivity contribution in [3.63, 3.8) is 0 Å². The van der Waals surface area contributed by atoms with Crippen LogP contribution in [0, 0.1) is 0 Å². The number of methoxy groups -OCH3 is 1. The third kappa shape index (κ3) is 5.08. The smallest absolute Gasteiger partial charge is 0.193 e. The molecule has 26 heavy (non-hydrogen) atoms. The van der Waals surface area contributed by atoms with E-state index >= 15 is 0 Å². The minimum atomic E-state index is -0.262. The number of carbonyl (C=O) groups is 1. The van der Waals surface area contributed by atoms with Crippen LogP contribution in [-0.2, 0) is 0 Å². The number of ether oxygens (including phenoxy) is 3. The van der Waals surface area contributed by atoms with Crippen molar-refractivity contribution in [1.29, 1.82) is 0 Å². The monoisotopic (exact) mass is 351 g/mol. The predicted molar refractivity (Wildman–Crippen MR) is 102 cm³/mol. The van der Waals surface area contributed by atoms with Gasteiger partial charge >= 0.3 is 0 Å². The predicted octanol–water partition coefficient (Wildman–Crippen LogP) is 4.12. The summed E-state index contributed by atoms with van der Waals surface area (Å²) in [5.41, 5.74) is 0.992. The highest BCUT2D eigenvalue weighted by Gasteiger charge is 2.19. The molecule has 0 aliphatic heterocycles. The van der Waals surface area contributed by atoms with Crippen molar-refractivity contribution in [3.8, 4) is 17.2 Å². The Bertz CT molecular complexity index is 797. The molecule has 0 fully saturated rings. The molecule has 0 saturated carbocycles. The van der Waals surface area contributed by atoms with Crippen molar-refractivity contribution in [3.05, 3.63) is 79.2 Å². The lowest BCUT2D eigenvalue weighted by Gasteiger charge is -2.15. The quantitative estimate of drug-likeness (QED) is 0.366. The van der Waals surface area contributed by atoms with Crippen molar-refractivity contribution < 1.29 is 19.0 Å². The molecule has 0 aliphatic rings. The Hall–Kier alpha value is -3.34. The van der Waals surface area contributed by atoms with Gasteiger partial charge in [-0.05, 0) is 24.3 Å². The zero-order chi connectivity index (χ0) is 18.8. The zero-order valence-corrected chi connectivity index (χ0v) is 14.7. The molecule has 0 amide bonds. The fourth-order valence-electron chi connectivity index (χ4n) is 2.19. The van der Waals surface area contributed by atoms with E-state index in [1.54, 1.807) is 36.6 Å². The molecular formula is C21H21NO4. The number of carbonyl (C=O) groups excluding carboxylic acids is 1. The summed E-state index contributed by atoms with van der Waals surface area (Å²) in [5.74, 6) is 0.980. The molecule has 0 spiro atoms. The molecule has 0 N–H and O–H groups in total. The first kappa shape index (κ1) is 19.0. The molecular weight excluding hydrogens is 330 g/mol. The van der Waals surface area contributed by atoms with Crippen LogP contribution in [0.1, 0.15) is 16.1 Å². The van der Waals surface area contributed by atoms with E-state index in [-0.39, 0.29) is 12.4 Å². The second kappa shape index (κ2) is 9.84. The molecule has 0 bridgehead atoms. The number of benzene rings is 1. The van der Waals surface area contributed by atoms with Gasteiger partial charge in [-0.25, -0.2) is 0 Å². The summed E-state index contributed by atoms with van der Waals surface area (Å²) in [4.78, 5) is 16.9. The zero-order valence-electron chi connectivity index (χ0n) is 14.7. The molecule has 0 saturated heterocycles. The van der Waals surface area contributed by atoms with Gasteiger partial charge in [0.15, 0.2) is 5.78 Å². The molecule has 2 rings (SSSR count). The third-order valence-corrected chi connectivity index (χ3v) is 3.32. The second-order valence-corrected chi connectivity index (χ2v) is 5.15. The molecule has 134 valence electrons. The van der Waals surface area contributed by atoms with E-state index in [0.717, 1.165) is 0 Å². The van der Waals surface area contributed by atoms with Gasteiger partial charge < -0.3 is 14.2 Å². The minimum absolute atomic E-state index is 0.248. The summed E-state index contributed by atoms with van der Waals surface area (Å²) in [6.07, 6.45) is 7.97. The number of rotatable bonds is 10. The van der Waals surface area contributed by atoms with E-state index < -0.39 is 0 Å². The van der Waals surface area contributed by atoms with Crippen LogP contribution in [0.5, 0.6) is 17.2 Å². The van der Waals surface area contributed by atoms with Gasteiger partial charge in [0, 0.05) is 18.3 Å². The van der Waals surface area contributed by atoms with Crippen molar-refractivity contribution in [2.75, 3.05) is 20.3 Å². The topological polar surface area (TPSA) is 57.7 Å². The molecule has 0 radical (unpaired) electrons. The summed E-state index contributed by atoms with van der Waals surface area (Å²) in [6.45, 7) is 7.83. The number of hydrogen-bond acceptors (Lipinski definition) is 5. The van der Waals surface area contributed by atoms with Gasteiger partial charge in [-0.3, -0.25) is 9.78 Å². The fourth-order valence-corrected chi connectivity index (χ4v) is 2.19. The Labute approximate surface area is 153 Å². The molecule has 5 heteroatoms. The summed E-state index contributed by atoms with van der Waals surface area (Å²) < 4.78 is 16.6. The van der Waals surface area contributed by atoms with Crippen LogP contribution in [-0.4, -0.2) is 31.1 Å². The van der Waals surface area contributed by atoms with E-state index in [1.807, 2.05) is 18.2 Å². The Balaban J connectivity index is 2.39. The standard InChI is InChI=1S/C21H21NO4/c1-4-12-25-17-14-19(24-3)21(20(15-17)26-13-5-2)18(23)10-9-16-8-6-7-11-22-16/h4-11,14-15H,1-2,12-13H2,3H3. The average Bonchev–Trinajstić information content (AvgIpc) is 2.69. The van der Waals surface area contributed by atoms with Gasteiger partial charge in [-0.1, -0.05) is 31.4 Å². The normalized spacial score (nSPS) is 10.3. The Kier molecular flexibility index (Phi) is 7.18. The lowest BCUT2D eigenvalue weighted by molar-refractivity contribution is 0.104. The van der Waals surface area contributed by atoms with Crippen LogP contribution in [0.3, 0.4) is 0 Å². The van der Waals surface area contributed by atoms with Crippen molar-refractivity contribution in [2.45, 2.75) is 0 Å². The SMILES string of the molecule is C=CCOc1cc(OC)c(C(=O)C=Cc2ccccn2)c(OCC=C)c1. The van der Waals surface area contributed by atoms with Crippen LogP contribution in [0.4, 0.5) is 0 Å².